The van der Waals surface area contributed by atoms with Crippen molar-refractivity contribution in [2.24, 2.45) is 0 Å². The zero-order valence-electron chi connectivity index (χ0n) is 25.9. The van der Waals surface area contributed by atoms with Crippen LogP contribution in [-0.4, -0.2) is 23.1 Å². The summed E-state index contributed by atoms with van der Waals surface area (Å²) in [6, 6.07) is 0. The Labute approximate surface area is 242 Å². The van der Waals surface area contributed by atoms with Gasteiger partial charge in [0.1, 0.15) is 6.10 Å². The Morgan fingerprint density at radius 1 is 0.564 bits per heavy atom. The first-order valence-corrected chi connectivity index (χ1v) is 16.8. The third-order valence-corrected chi connectivity index (χ3v) is 7.43. The maximum Gasteiger partial charge on any atom is 0.306 e. The first-order chi connectivity index (χ1) is 19.1. The van der Waals surface area contributed by atoms with Gasteiger partial charge in [-0.25, -0.2) is 0 Å². The van der Waals surface area contributed by atoms with Crippen LogP contribution in [-0.2, 0) is 14.3 Å². The number of ether oxygens (including phenoxy) is 1. The van der Waals surface area contributed by atoms with E-state index < -0.39 is 5.97 Å². The molecule has 0 aromatic rings. The van der Waals surface area contributed by atoms with E-state index in [4.69, 9.17) is 9.84 Å². The molecule has 228 valence electrons. The molecule has 0 radical (unpaired) electrons. The highest BCUT2D eigenvalue weighted by Crippen LogP contribution is 2.18. The lowest BCUT2D eigenvalue weighted by atomic mass is 10.0. The first kappa shape index (κ1) is 37.4. The van der Waals surface area contributed by atoms with E-state index >= 15 is 0 Å². The molecule has 39 heavy (non-hydrogen) atoms. The van der Waals surface area contributed by atoms with Gasteiger partial charge in [0.05, 0.1) is 0 Å². The number of hydrogen-bond acceptors (Lipinski definition) is 3. The van der Waals surface area contributed by atoms with Crippen molar-refractivity contribution in [3.05, 3.63) is 24.3 Å². The summed E-state index contributed by atoms with van der Waals surface area (Å²) in [7, 11) is 0. The van der Waals surface area contributed by atoms with Crippen molar-refractivity contribution in [3.63, 3.8) is 0 Å². The second-order valence-corrected chi connectivity index (χ2v) is 11.3. The molecular formula is C35H64O4. The second-order valence-electron chi connectivity index (χ2n) is 11.3. The van der Waals surface area contributed by atoms with Gasteiger partial charge >= 0.3 is 11.9 Å². The Morgan fingerprint density at radius 3 is 1.59 bits per heavy atom. The van der Waals surface area contributed by atoms with Crippen LogP contribution in [0.25, 0.3) is 0 Å². The molecule has 1 N–H and O–H groups in total. The van der Waals surface area contributed by atoms with Gasteiger partial charge in [-0.15, -0.1) is 0 Å². The Balaban J connectivity index is 3.93. The highest BCUT2D eigenvalue weighted by Gasteiger charge is 2.14. The molecule has 1 unspecified atom stereocenters. The van der Waals surface area contributed by atoms with Crippen molar-refractivity contribution in [2.45, 2.75) is 187 Å². The number of carboxylic acid groups (broad SMARTS) is 1. The molecule has 0 heterocycles. The fourth-order valence-electron chi connectivity index (χ4n) is 4.92. The van der Waals surface area contributed by atoms with E-state index in [-0.39, 0.29) is 18.5 Å². The van der Waals surface area contributed by atoms with E-state index in [0.29, 0.717) is 12.8 Å². The number of carbonyl (C=O) groups is 2. The summed E-state index contributed by atoms with van der Waals surface area (Å²) in [5, 5.41) is 8.89. The van der Waals surface area contributed by atoms with E-state index in [1.165, 1.54) is 96.3 Å². The molecule has 0 aromatic heterocycles. The molecule has 0 saturated carbocycles. The molecule has 4 nitrogen and oxygen atoms in total. The van der Waals surface area contributed by atoms with Crippen molar-refractivity contribution in [1.29, 1.82) is 0 Å². The van der Waals surface area contributed by atoms with Crippen molar-refractivity contribution in [1.82, 2.24) is 0 Å². The third kappa shape index (κ3) is 30.8. The van der Waals surface area contributed by atoms with E-state index in [2.05, 4.69) is 38.2 Å². The Hall–Kier alpha value is -1.58. The molecule has 0 rings (SSSR count). The van der Waals surface area contributed by atoms with Gasteiger partial charge in [0.2, 0.25) is 0 Å². The number of aliphatic carboxylic acids is 1. The molecular weight excluding hydrogens is 484 g/mol. The number of esters is 1. The van der Waals surface area contributed by atoms with Gasteiger partial charge in [-0.1, -0.05) is 122 Å². The van der Waals surface area contributed by atoms with Gasteiger partial charge in [0.15, 0.2) is 0 Å². The SMILES string of the molecule is CCCCC/C=C\C/C=C\CCCCCCCC(=O)OC(CCCCCCCCCCC)CCCCC(=O)O. The number of rotatable bonds is 30. The molecule has 0 aliphatic heterocycles. The molecule has 0 fully saturated rings. The van der Waals surface area contributed by atoms with Gasteiger partial charge in [-0.3, -0.25) is 9.59 Å². The lowest BCUT2D eigenvalue weighted by molar-refractivity contribution is -0.150. The molecule has 1 atom stereocenters. The average Bonchev–Trinajstić information content (AvgIpc) is 2.92. The van der Waals surface area contributed by atoms with Gasteiger partial charge in [0, 0.05) is 12.8 Å². The summed E-state index contributed by atoms with van der Waals surface area (Å²) in [6.45, 7) is 4.49. The summed E-state index contributed by atoms with van der Waals surface area (Å²) >= 11 is 0. The largest absolute Gasteiger partial charge is 0.481 e. The van der Waals surface area contributed by atoms with E-state index in [1.54, 1.807) is 0 Å². The smallest absolute Gasteiger partial charge is 0.306 e. The van der Waals surface area contributed by atoms with Crippen LogP contribution in [0, 0.1) is 0 Å². The van der Waals surface area contributed by atoms with Crippen molar-refractivity contribution in [2.75, 3.05) is 0 Å². The van der Waals surface area contributed by atoms with Crippen LogP contribution in [0.4, 0.5) is 0 Å². The van der Waals surface area contributed by atoms with Crippen molar-refractivity contribution >= 4 is 11.9 Å². The average molecular weight is 549 g/mol. The summed E-state index contributed by atoms with van der Waals surface area (Å²) < 4.78 is 5.85. The predicted molar refractivity (Wildman–Crippen MR) is 167 cm³/mol. The molecule has 0 aliphatic rings. The molecule has 0 amide bonds. The molecule has 4 heteroatoms. The lowest BCUT2D eigenvalue weighted by Gasteiger charge is -2.18. The maximum absolute atomic E-state index is 12.5. The van der Waals surface area contributed by atoms with Crippen LogP contribution in [0.5, 0.6) is 0 Å². The molecule has 0 saturated heterocycles. The minimum Gasteiger partial charge on any atom is -0.481 e. The highest BCUT2D eigenvalue weighted by atomic mass is 16.5. The normalized spacial score (nSPS) is 12.5. The lowest BCUT2D eigenvalue weighted by Crippen LogP contribution is -2.18. The quantitative estimate of drug-likeness (QED) is 0.0550. The zero-order chi connectivity index (χ0) is 28.7. The van der Waals surface area contributed by atoms with Crippen LogP contribution in [0.2, 0.25) is 0 Å². The second kappa shape index (κ2) is 31.0. The third-order valence-electron chi connectivity index (χ3n) is 7.43. The summed E-state index contributed by atoms with van der Waals surface area (Å²) in [5.41, 5.74) is 0. The molecule has 0 aliphatic carbocycles. The minimum atomic E-state index is -0.746. The predicted octanol–water partition coefficient (Wildman–Crippen LogP) is 11.3. The Kier molecular flexibility index (Phi) is 29.7. The van der Waals surface area contributed by atoms with Gasteiger partial charge in [0.25, 0.3) is 0 Å². The minimum absolute atomic E-state index is 0.0474. The van der Waals surface area contributed by atoms with Crippen molar-refractivity contribution in [3.8, 4) is 0 Å². The summed E-state index contributed by atoms with van der Waals surface area (Å²) in [5.74, 6) is -0.816. The summed E-state index contributed by atoms with van der Waals surface area (Å²) in [4.78, 5) is 23.3. The Morgan fingerprint density at radius 2 is 1.00 bits per heavy atom. The van der Waals surface area contributed by atoms with Gasteiger partial charge in [-0.2, -0.15) is 0 Å². The highest BCUT2D eigenvalue weighted by molar-refractivity contribution is 5.69. The van der Waals surface area contributed by atoms with Crippen molar-refractivity contribution < 1.29 is 19.4 Å². The number of carboxylic acids is 1. The maximum atomic E-state index is 12.5. The van der Waals surface area contributed by atoms with E-state index in [1.807, 2.05) is 0 Å². The monoisotopic (exact) mass is 548 g/mol. The Bertz CT molecular complexity index is 595. The van der Waals surface area contributed by atoms with E-state index in [0.717, 1.165) is 51.4 Å². The van der Waals surface area contributed by atoms with Crippen LogP contribution < -0.4 is 0 Å². The zero-order valence-corrected chi connectivity index (χ0v) is 25.9. The number of unbranched alkanes of at least 4 members (excludes halogenated alkanes) is 17. The number of carbonyl (C=O) groups excluding carboxylic acids is 1. The van der Waals surface area contributed by atoms with Gasteiger partial charge in [-0.05, 0) is 70.6 Å². The molecule has 0 spiro atoms. The standard InChI is InChI=1S/C35H64O4/c1-3-5-7-9-11-13-14-15-16-17-18-20-22-24-26-32-35(38)39-33(30-27-28-31-34(36)37)29-25-23-21-19-12-10-8-6-4-2/h11,13,15-16,33H,3-10,12,14,17-32H2,1-2H3,(H,36,37)/b13-11-,16-15-. The fraction of sp³-hybridized carbons (Fsp3) is 0.829. The van der Waals surface area contributed by atoms with Crippen LogP contribution in [0.3, 0.4) is 0 Å². The topological polar surface area (TPSA) is 63.6 Å². The molecule has 0 bridgehead atoms. The molecule has 0 aromatic carbocycles. The van der Waals surface area contributed by atoms with Crippen LogP contribution in [0.1, 0.15) is 181 Å². The first-order valence-electron chi connectivity index (χ1n) is 16.8. The van der Waals surface area contributed by atoms with Gasteiger partial charge < -0.3 is 9.84 Å². The fourth-order valence-corrected chi connectivity index (χ4v) is 4.92. The number of allylic oxidation sites excluding steroid dienone is 4. The number of hydrogen-bond donors (Lipinski definition) is 1. The summed E-state index contributed by atoms with van der Waals surface area (Å²) in [6.07, 6.45) is 37.5. The van der Waals surface area contributed by atoms with Crippen LogP contribution in [0.15, 0.2) is 24.3 Å². The van der Waals surface area contributed by atoms with E-state index in [9.17, 15) is 9.59 Å². The van der Waals surface area contributed by atoms with Crippen LogP contribution >= 0.6 is 0 Å².